The molecule has 1 aromatic carbocycles. The highest BCUT2D eigenvalue weighted by molar-refractivity contribution is 5.27. The summed E-state index contributed by atoms with van der Waals surface area (Å²) in [6, 6.07) is 15.4. The number of hydrogen-bond acceptors (Lipinski definition) is 6. The molecule has 0 saturated carbocycles. The fraction of sp³-hybridized carbons (Fsp3) is 0.333. The molecule has 1 atom stereocenters. The van der Waals surface area contributed by atoms with Gasteiger partial charge in [0.2, 0.25) is 0 Å². The maximum Gasteiger partial charge on any atom is 0.129 e. The number of methoxy groups -OCH3 is 1. The quantitative estimate of drug-likeness (QED) is 0.557. The lowest BCUT2D eigenvalue weighted by molar-refractivity contribution is 0.00162. The second-order valence-electron chi connectivity index (χ2n) is 6.35. The van der Waals surface area contributed by atoms with Crippen molar-refractivity contribution in [3.05, 3.63) is 78.1 Å². The van der Waals surface area contributed by atoms with Crippen LogP contribution in [0.15, 0.2) is 69.9 Å². The Morgan fingerprint density at radius 1 is 0.963 bits per heavy atom. The molecule has 0 fully saturated rings. The summed E-state index contributed by atoms with van der Waals surface area (Å²) < 4.78 is 21.4. The van der Waals surface area contributed by atoms with Crippen molar-refractivity contribution in [2.45, 2.75) is 25.8 Å². The van der Waals surface area contributed by atoms with Crippen molar-refractivity contribution in [1.82, 2.24) is 4.90 Å². The average Bonchev–Trinajstić information content (AvgIpc) is 3.36. The van der Waals surface area contributed by atoms with Gasteiger partial charge in [-0.3, -0.25) is 4.90 Å². The summed E-state index contributed by atoms with van der Waals surface area (Å²) in [5, 5.41) is 10.4. The first-order valence-electron chi connectivity index (χ1n) is 8.89. The highest BCUT2D eigenvalue weighted by atomic mass is 16.5. The SMILES string of the molecule is COc1ccc(CN(Cc2ccco2)C[C@H](O)COCc2ccco2)cc1. The lowest BCUT2D eigenvalue weighted by Gasteiger charge is -2.24. The Bertz CT molecular complexity index is 752. The van der Waals surface area contributed by atoms with Crippen LogP contribution in [0.5, 0.6) is 5.75 Å². The van der Waals surface area contributed by atoms with Crippen LogP contribution < -0.4 is 4.74 Å². The first kappa shape index (κ1) is 19.2. The van der Waals surface area contributed by atoms with E-state index >= 15 is 0 Å². The van der Waals surface area contributed by atoms with E-state index in [2.05, 4.69) is 4.90 Å². The van der Waals surface area contributed by atoms with E-state index in [-0.39, 0.29) is 6.61 Å². The molecule has 0 spiro atoms. The number of rotatable bonds is 11. The molecule has 0 aliphatic heterocycles. The van der Waals surface area contributed by atoms with Crippen molar-refractivity contribution in [1.29, 1.82) is 0 Å². The van der Waals surface area contributed by atoms with E-state index in [9.17, 15) is 5.11 Å². The molecule has 27 heavy (non-hydrogen) atoms. The summed E-state index contributed by atoms with van der Waals surface area (Å²) in [5.41, 5.74) is 1.13. The summed E-state index contributed by atoms with van der Waals surface area (Å²) in [5.74, 6) is 2.42. The lowest BCUT2D eigenvalue weighted by atomic mass is 10.2. The van der Waals surface area contributed by atoms with Crippen LogP contribution in [0, 0.1) is 0 Å². The molecule has 3 aromatic rings. The van der Waals surface area contributed by atoms with Crippen LogP contribution in [-0.2, 0) is 24.4 Å². The predicted molar refractivity (Wildman–Crippen MR) is 100 cm³/mol. The predicted octanol–water partition coefficient (Wildman–Crippen LogP) is 3.46. The molecule has 0 unspecified atom stereocenters. The van der Waals surface area contributed by atoms with Crippen LogP contribution >= 0.6 is 0 Å². The highest BCUT2D eigenvalue weighted by Crippen LogP contribution is 2.15. The Hall–Kier alpha value is -2.54. The van der Waals surface area contributed by atoms with Gasteiger partial charge < -0.3 is 23.4 Å². The molecule has 0 bridgehead atoms. The van der Waals surface area contributed by atoms with E-state index in [0.29, 0.717) is 26.2 Å². The van der Waals surface area contributed by atoms with E-state index in [1.54, 1.807) is 19.6 Å². The van der Waals surface area contributed by atoms with Crippen LogP contribution in [0.4, 0.5) is 0 Å². The van der Waals surface area contributed by atoms with Crippen molar-refractivity contribution in [2.75, 3.05) is 20.3 Å². The summed E-state index contributed by atoms with van der Waals surface area (Å²) in [4.78, 5) is 2.13. The second kappa shape index (κ2) is 9.97. The molecule has 0 amide bonds. The molecule has 0 saturated heterocycles. The average molecular weight is 371 g/mol. The standard InChI is InChI=1S/C21H25NO5/c1-24-19-8-6-17(7-9-19)12-22(14-20-4-2-10-26-20)13-18(23)15-25-16-21-5-3-11-27-21/h2-11,18,23H,12-16H2,1H3/t18-/m0/s1. The van der Waals surface area contributed by atoms with Crippen molar-refractivity contribution in [2.24, 2.45) is 0 Å². The first-order chi connectivity index (χ1) is 13.2. The number of ether oxygens (including phenoxy) is 2. The molecule has 6 nitrogen and oxygen atoms in total. The van der Waals surface area contributed by atoms with Crippen LogP contribution in [-0.4, -0.2) is 36.4 Å². The smallest absolute Gasteiger partial charge is 0.129 e. The van der Waals surface area contributed by atoms with E-state index in [1.165, 1.54) is 0 Å². The molecule has 1 N–H and O–H groups in total. The lowest BCUT2D eigenvalue weighted by Crippen LogP contribution is -2.34. The molecule has 144 valence electrons. The first-order valence-corrected chi connectivity index (χ1v) is 8.89. The Kier molecular flexibility index (Phi) is 7.10. The van der Waals surface area contributed by atoms with Crippen LogP contribution in [0.1, 0.15) is 17.1 Å². The van der Waals surface area contributed by atoms with Crippen molar-refractivity contribution in [3.63, 3.8) is 0 Å². The molecular formula is C21H25NO5. The Morgan fingerprint density at radius 2 is 1.67 bits per heavy atom. The van der Waals surface area contributed by atoms with Gasteiger partial charge >= 0.3 is 0 Å². The van der Waals surface area contributed by atoms with Gasteiger partial charge in [-0.2, -0.15) is 0 Å². The normalized spacial score (nSPS) is 12.4. The minimum atomic E-state index is -0.617. The fourth-order valence-electron chi connectivity index (χ4n) is 2.84. The summed E-state index contributed by atoms with van der Waals surface area (Å²) in [6.45, 7) is 2.33. The number of hydrogen-bond donors (Lipinski definition) is 1. The van der Waals surface area contributed by atoms with Crippen LogP contribution in [0.2, 0.25) is 0 Å². The van der Waals surface area contributed by atoms with Gasteiger partial charge in [0.05, 0.1) is 38.9 Å². The van der Waals surface area contributed by atoms with Gasteiger partial charge in [0.1, 0.15) is 23.9 Å². The summed E-state index contributed by atoms with van der Waals surface area (Å²) in [7, 11) is 1.65. The van der Waals surface area contributed by atoms with Gasteiger partial charge in [-0.15, -0.1) is 0 Å². The second-order valence-corrected chi connectivity index (χ2v) is 6.35. The maximum atomic E-state index is 10.4. The highest BCUT2D eigenvalue weighted by Gasteiger charge is 2.15. The van der Waals surface area contributed by atoms with E-state index < -0.39 is 6.10 Å². The van der Waals surface area contributed by atoms with Crippen LogP contribution in [0.25, 0.3) is 0 Å². The van der Waals surface area contributed by atoms with E-state index in [0.717, 1.165) is 22.8 Å². The van der Waals surface area contributed by atoms with Crippen molar-refractivity contribution < 1.29 is 23.4 Å². The van der Waals surface area contributed by atoms with Crippen molar-refractivity contribution in [3.8, 4) is 5.75 Å². The Morgan fingerprint density at radius 3 is 2.30 bits per heavy atom. The number of nitrogens with zero attached hydrogens (tertiary/aromatic N) is 1. The van der Waals surface area contributed by atoms with E-state index in [4.69, 9.17) is 18.3 Å². The number of aliphatic hydroxyl groups is 1. The topological polar surface area (TPSA) is 68.2 Å². The van der Waals surface area contributed by atoms with E-state index in [1.807, 2.05) is 48.5 Å². The van der Waals surface area contributed by atoms with Gasteiger partial charge in [-0.1, -0.05) is 12.1 Å². The zero-order valence-corrected chi connectivity index (χ0v) is 15.4. The number of furan rings is 2. The number of aliphatic hydroxyl groups excluding tert-OH is 1. The molecule has 2 heterocycles. The monoisotopic (exact) mass is 371 g/mol. The molecule has 2 aromatic heterocycles. The van der Waals surface area contributed by atoms with Gasteiger partial charge in [0, 0.05) is 13.1 Å². The third-order valence-electron chi connectivity index (χ3n) is 4.13. The van der Waals surface area contributed by atoms with Crippen molar-refractivity contribution >= 4 is 0 Å². The zero-order chi connectivity index (χ0) is 18.9. The molecule has 0 aliphatic rings. The third-order valence-corrected chi connectivity index (χ3v) is 4.13. The largest absolute Gasteiger partial charge is 0.497 e. The fourth-order valence-corrected chi connectivity index (χ4v) is 2.84. The van der Waals surface area contributed by atoms with Gasteiger partial charge in [-0.25, -0.2) is 0 Å². The maximum absolute atomic E-state index is 10.4. The van der Waals surface area contributed by atoms with Gasteiger partial charge in [-0.05, 0) is 42.0 Å². The molecule has 0 aliphatic carbocycles. The Labute approximate surface area is 158 Å². The molecular weight excluding hydrogens is 346 g/mol. The molecule has 0 radical (unpaired) electrons. The Balaban J connectivity index is 1.54. The minimum Gasteiger partial charge on any atom is -0.497 e. The zero-order valence-electron chi connectivity index (χ0n) is 15.4. The van der Waals surface area contributed by atoms with Gasteiger partial charge in [0.15, 0.2) is 0 Å². The van der Waals surface area contributed by atoms with Crippen LogP contribution in [0.3, 0.4) is 0 Å². The minimum absolute atomic E-state index is 0.234. The summed E-state index contributed by atoms with van der Waals surface area (Å²) >= 11 is 0. The van der Waals surface area contributed by atoms with Gasteiger partial charge in [0.25, 0.3) is 0 Å². The summed E-state index contributed by atoms with van der Waals surface area (Å²) in [6.07, 6.45) is 2.65. The number of benzene rings is 1. The molecule has 3 rings (SSSR count). The third kappa shape index (κ3) is 6.29. The molecule has 6 heteroatoms.